The number of hydrogen-bond donors (Lipinski definition) is 1. The van der Waals surface area contributed by atoms with Crippen molar-refractivity contribution in [2.45, 2.75) is 25.3 Å². The first-order valence-electron chi connectivity index (χ1n) is 4.45. The number of nitrogens with zero attached hydrogens (tertiary/aromatic N) is 1. The predicted octanol–water partition coefficient (Wildman–Crippen LogP) is 1.89. The number of alkyl halides is 1. The van der Waals surface area contributed by atoms with E-state index in [2.05, 4.69) is 10.3 Å². The lowest BCUT2D eigenvalue weighted by molar-refractivity contribution is -0.121. The average molecular weight is 213 g/mol. The Bertz CT molecular complexity index is 300. The molecule has 0 fully saturated rings. The number of carbonyl (C=O) groups excluding carboxylic acids is 1. The van der Waals surface area contributed by atoms with Crippen molar-refractivity contribution in [1.29, 1.82) is 0 Å². The van der Waals surface area contributed by atoms with Crippen LogP contribution in [-0.2, 0) is 4.79 Å². The first-order valence-corrected chi connectivity index (χ1v) is 4.89. The largest absolute Gasteiger partial charge is 0.348 e. The number of nitrogens with one attached hydrogen (secondary N) is 1. The number of amides is 1. The SMILES string of the molecule is CC(Cl)C(=O)N[C@@H](C)c1cccnc1. The van der Waals surface area contributed by atoms with Gasteiger partial charge in [0, 0.05) is 12.4 Å². The highest BCUT2D eigenvalue weighted by Crippen LogP contribution is 2.10. The Morgan fingerprint density at radius 1 is 1.57 bits per heavy atom. The summed E-state index contributed by atoms with van der Waals surface area (Å²) in [6, 6.07) is 3.69. The molecule has 1 aromatic rings. The second-order valence-electron chi connectivity index (χ2n) is 3.13. The molecule has 0 aliphatic heterocycles. The summed E-state index contributed by atoms with van der Waals surface area (Å²) in [5.74, 6) is -0.164. The second kappa shape index (κ2) is 4.96. The van der Waals surface area contributed by atoms with Gasteiger partial charge in [0.1, 0.15) is 5.38 Å². The maximum atomic E-state index is 11.3. The van der Waals surface area contributed by atoms with E-state index in [4.69, 9.17) is 11.6 Å². The van der Waals surface area contributed by atoms with E-state index < -0.39 is 5.38 Å². The highest BCUT2D eigenvalue weighted by atomic mass is 35.5. The topological polar surface area (TPSA) is 42.0 Å². The molecule has 1 heterocycles. The van der Waals surface area contributed by atoms with Crippen molar-refractivity contribution in [2.75, 3.05) is 0 Å². The molecule has 0 aliphatic rings. The molecule has 0 spiro atoms. The average Bonchev–Trinajstić information content (AvgIpc) is 2.19. The normalized spacial score (nSPS) is 14.5. The Morgan fingerprint density at radius 2 is 2.29 bits per heavy atom. The minimum absolute atomic E-state index is 0.0580. The molecule has 2 atom stereocenters. The lowest BCUT2D eigenvalue weighted by Gasteiger charge is -2.14. The lowest BCUT2D eigenvalue weighted by Crippen LogP contribution is -2.31. The lowest BCUT2D eigenvalue weighted by atomic mass is 10.1. The Labute approximate surface area is 88.5 Å². The van der Waals surface area contributed by atoms with E-state index in [-0.39, 0.29) is 11.9 Å². The molecule has 0 saturated heterocycles. The summed E-state index contributed by atoms with van der Waals surface area (Å²) in [6.07, 6.45) is 3.42. The van der Waals surface area contributed by atoms with Gasteiger partial charge in [-0.3, -0.25) is 9.78 Å². The van der Waals surface area contributed by atoms with Gasteiger partial charge in [-0.25, -0.2) is 0 Å². The fourth-order valence-corrected chi connectivity index (χ4v) is 1.11. The van der Waals surface area contributed by atoms with Gasteiger partial charge in [0.2, 0.25) is 5.91 Å². The molecular weight excluding hydrogens is 200 g/mol. The smallest absolute Gasteiger partial charge is 0.238 e. The summed E-state index contributed by atoms with van der Waals surface area (Å²) < 4.78 is 0. The van der Waals surface area contributed by atoms with Gasteiger partial charge < -0.3 is 5.32 Å². The number of carbonyl (C=O) groups is 1. The zero-order valence-electron chi connectivity index (χ0n) is 8.20. The first-order chi connectivity index (χ1) is 6.61. The van der Waals surface area contributed by atoms with Crippen LogP contribution < -0.4 is 5.32 Å². The van der Waals surface area contributed by atoms with E-state index in [1.807, 2.05) is 19.1 Å². The van der Waals surface area contributed by atoms with Crippen molar-refractivity contribution in [1.82, 2.24) is 10.3 Å². The van der Waals surface area contributed by atoms with Crippen molar-refractivity contribution in [2.24, 2.45) is 0 Å². The molecule has 0 bridgehead atoms. The third-order valence-electron chi connectivity index (χ3n) is 1.90. The summed E-state index contributed by atoms with van der Waals surface area (Å²) >= 11 is 5.63. The molecule has 4 heteroatoms. The van der Waals surface area contributed by atoms with Crippen LogP contribution in [-0.4, -0.2) is 16.3 Å². The highest BCUT2D eigenvalue weighted by Gasteiger charge is 2.13. The second-order valence-corrected chi connectivity index (χ2v) is 3.79. The molecule has 1 unspecified atom stereocenters. The van der Waals surface area contributed by atoms with E-state index in [1.165, 1.54) is 0 Å². The fourth-order valence-electron chi connectivity index (χ4n) is 1.04. The van der Waals surface area contributed by atoms with E-state index >= 15 is 0 Å². The molecule has 3 nitrogen and oxygen atoms in total. The van der Waals surface area contributed by atoms with Crippen LogP contribution in [0.5, 0.6) is 0 Å². The number of aromatic nitrogens is 1. The summed E-state index contributed by atoms with van der Waals surface area (Å²) in [5.41, 5.74) is 0.971. The Kier molecular flexibility index (Phi) is 3.89. The molecule has 1 aromatic heterocycles. The quantitative estimate of drug-likeness (QED) is 0.778. The van der Waals surface area contributed by atoms with Crippen molar-refractivity contribution in [3.63, 3.8) is 0 Å². The molecule has 1 rings (SSSR count). The van der Waals surface area contributed by atoms with Gasteiger partial charge in [-0.1, -0.05) is 6.07 Å². The zero-order chi connectivity index (χ0) is 10.6. The van der Waals surface area contributed by atoms with Crippen LogP contribution >= 0.6 is 11.6 Å². The van der Waals surface area contributed by atoms with E-state index in [0.29, 0.717) is 0 Å². The number of pyridine rings is 1. The van der Waals surface area contributed by atoms with Crippen molar-refractivity contribution < 1.29 is 4.79 Å². The fraction of sp³-hybridized carbons (Fsp3) is 0.400. The third kappa shape index (κ3) is 3.00. The van der Waals surface area contributed by atoms with Crippen molar-refractivity contribution in [3.8, 4) is 0 Å². The third-order valence-corrected chi connectivity index (χ3v) is 2.10. The highest BCUT2D eigenvalue weighted by molar-refractivity contribution is 6.30. The first kappa shape index (κ1) is 11.0. The Hall–Kier alpha value is -1.09. The van der Waals surface area contributed by atoms with Gasteiger partial charge in [0.25, 0.3) is 0 Å². The molecule has 0 aromatic carbocycles. The monoisotopic (exact) mass is 212 g/mol. The number of hydrogen-bond acceptors (Lipinski definition) is 2. The van der Waals surface area contributed by atoms with Crippen molar-refractivity contribution >= 4 is 17.5 Å². The van der Waals surface area contributed by atoms with Gasteiger partial charge in [-0.05, 0) is 25.5 Å². The molecule has 1 amide bonds. The van der Waals surface area contributed by atoms with Crippen LogP contribution in [0.25, 0.3) is 0 Å². The van der Waals surface area contributed by atoms with Crippen LogP contribution in [0.1, 0.15) is 25.5 Å². The summed E-state index contributed by atoms with van der Waals surface area (Å²) in [6.45, 7) is 3.54. The Morgan fingerprint density at radius 3 is 2.79 bits per heavy atom. The van der Waals surface area contributed by atoms with Crippen LogP contribution in [0, 0.1) is 0 Å². The van der Waals surface area contributed by atoms with Crippen LogP contribution in [0.3, 0.4) is 0 Å². The van der Waals surface area contributed by atoms with E-state index in [9.17, 15) is 4.79 Å². The van der Waals surface area contributed by atoms with Gasteiger partial charge in [0.05, 0.1) is 6.04 Å². The summed E-state index contributed by atoms with van der Waals surface area (Å²) in [4.78, 5) is 15.2. The maximum absolute atomic E-state index is 11.3. The van der Waals surface area contributed by atoms with Gasteiger partial charge in [0.15, 0.2) is 0 Å². The van der Waals surface area contributed by atoms with Gasteiger partial charge >= 0.3 is 0 Å². The van der Waals surface area contributed by atoms with Crippen molar-refractivity contribution in [3.05, 3.63) is 30.1 Å². The Balaban J connectivity index is 2.59. The van der Waals surface area contributed by atoms with Crippen LogP contribution in [0.2, 0.25) is 0 Å². The minimum atomic E-state index is -0.505. The molecule has 0 radical (unpaired) electrons. The van der Waals surface area contributed by atoms with E-state index in [0.717, 1.165) is 5.56 Å². The zero-order valence-corrected chi connectivity index (χ0v) is 8.95. The molecular formula is C10H13ClN2O. The minimum Gasteiger partial charge on any atom is -0.348 e. The molecule has 1 N–H and O–H groups in total. The summed E-state index contributed by atoms with van der Waals surface area (Å²) in [7, 11) is 0. The summed E-state index contributed by atoms with van der Waals surface area (Å²) in [5, 5.41) is 2.28. The van der Waals surface area contributed by atoms with E-state index in [1.54, 1.807) is 19.3 Å². The molecule has 14 heavy (non-hydrogen) atoms. The maximum Gasteiger partial charge on any atom is 0.238 e. The van der Waals surface area contributed by atoms with Gasteiger partial charge in [-0.15, -0.1) is 11.6 Å². The molecule has 76 valence electrons. The van der Waals surface area contributed by atoms with Crippen LogP contribution in [0.4, 0.5) is 0 Å². The van der Waals surface area contributed by atoms with Crippen LogP contribution in [0.15, 0.2) is 24.5 Å². The van der Waals surface area contributed by atoms with Gasteiger partial charge in [-0.2, -0.15) is 0 Å². The molecule has 0 saturated carbocycles. The molecule has 0 aliphatic carbocycles. The number of rotatable bonds is 3. The predicted molar refractivity (Wildman–Crippen MR) is 56.1 cm³/mol. The standard InChI is InChI=1S/C10H13ClN2O/c1-7(11)10(14)13-8(2)9-4-3-5-12-6-9/h3-8H,1-2H3,(H,13,14)/t7?,8-/m0/s1. The number of halogens is 1.